The summed E-state index contributed by atoms with van der Waals surface area (Å²) in [6.07, 6.45) is 1.08. The summed E-state index contributed by atoms with van der Waals surface area (Å²) in [5.41, 5.74) is 8.64. The van der Waals surface area contributed by atoms with Crippen molar-refractivity contribution in [1.29, 1.82) is 0 Å². The van der Waals surface area contributed by atoms with Crippen molar-refractivity contribution in [3.63, 3.8) is 0 Å². The third kappa shape index (κ3) is 4.23. The fourth-order valence-electron chi connectivity index (χ4n) is 1.94. The van der Waals surface area contributed by atoms with E-state index >= 15 is 0 Å². The fourth-order valence-corrected chi connectivity index (χ4v) is 1.94. The lowest BCUT2D eigenvalue weighted by atomic mass is 10.0. The Labute approximate surface area is 99.5 Å². The molecule has 1 aromatic rings. The Morgan fingerprint density at radius 1 is 1.19 bits per heavy atom. The molecule has 2 heteroatoms. The normalized spacial score (nSPS) is 12.9. The van der Waals surface area contributed by atoms with E-state index in [1.54, 1.807) is 0 Å². The molecule has 0 fully saturated rings. The molecule has 2 nitrogen and oxygen atoms in total. The first-order valence-corrected chi connectivity index (χ1v) is 6.02. The van der Waals surface area contributed by atoms with Gasteiger partial charge in [0.05, 0.1) is 0 Å². The van der Waals surface area contributed by atoms with Crippen LogP contribution in [-0.4, -0.2) is 19.6 Å². The molecular formula is C14H24N2. The number of benzene rings is 1. The Hall–Kier alpha value is -1.02. The Kier molecular flexibility index (Phi) is 4.81. The van der Waals surface area contributed by atoms with Gasteiger partial charge in [-0.25, -0.2) is 0 Å². The van der Waals surface area contributed by atoms with Crippen molar-refractivity contribution in [1.82, 2.24) is 0 Å². The predicted molar refractivity (Wildman–Crippen MR) is 71.9 cm³/mol. The quantitative estimate of drug-likeness (QED) is 0.826. The maximum atomic E-state index is 6.10. The summed E-state index contributed by atoms with van der Waals surface area (Å²) in [5.74, 6) is 0.668. The van der Waals surface area contributed by atoms with Crippen LogP contribution in [0.15, 0.2) is 24.3 Å². The van der Waals surface area contributed by atoms with E-state index in [2.05, 4.69) is 57.0 Å². The topological polar surface area (TPSA) is 29.3 Å². The van der Waals surface area contributed by atoms with Gasteiger partial charge in [0.1, 0.15) is 0 Å². The highest BCUT2D eigenvalue weighted by atomic mass is 15.1. The first-order valence-electron chi connectivity index (χ1n) is 6.02. The zero-order valence-corrected chi connectivity index (χ0v) is 10.9. The van der Waals surface area contributed by atoms with Gasteiger partial charge in [-0.1, -0.05) is 31.5 Å². The molecule has 0 aliphatic carbocycles. The average Bonchev–Trinajstić information content (AvgIpc) is 2.16. The van der Waals surface area contributed by atoms with Gasteiger partial charge in [0, 0.05) is 25.3 Å². The van der Waals surface area contributed by atoms with Gasteiger partial charge in [0.15, 0.2) is 0 Å². The molecule has 1 unspecified atom stereocenters. The third-order valence-corrected chi connectivity index (χ3v) is 2.76. The molecule has 16 heavy (non-hydrogen) atoms. The van der Waals surface area contributed by atoms with Gasteiger partial charge < -0.3 is 10.6 Å². The zero-order valence-electron chi connectivity index (χ0n) is 10.9. The largest absolute Gasteiger partial charge is 0.373 e. The lowest BCUT2D eigenvalue weighted by Crippen LogP contribution is -2.36. The van der Waals surface area contributed by atoms with Crippen molar-refractivity contribution in [2.75, 3.05) is 18.5 Å². The highest BCUT2D eigenvalue weighted by Crippen LogP contribution is 2.14. The maximum absolute atomic E-state index is 6.10. The van der Waals surface area contributed by atoms with E-state index < -0.39 is 0 Å². The number of rotatable bonds is 5. The summed E-state index contributed by atoms with van der Waals surface area (Å²) >= 11 is 0. The first kappa shape index (κ1) is 13.0. The van der Waals surface area contributed by atoms with Gasteiger partial charge in [0.25, 0.3) is 0 Å². The number of hydrogen-bond donors (Lipinski definition) is 1. The fraction of sp³-hybridized carbons (Fsp3) is 0.571. The van der Waals surface area contributed by atoms with Crippen LogP contribution < -0.4 is 10.6 Å². The number of nitrogens with zero attached hydrogens (tertiary/aromatic N) is 1. The Balaban J connectivity index is 2.51. The van der Waals surface area contributed by atoms with Crippen LogP contribution in [0.25, 0.3) is 0 Å². The number of anilines is 1. The molecule has 0 saturated heterocycles. The Bertz CT molecular complexity index is 303. The van der Waals surface area contributed by atoms with E-state index in [9.17, 15) is 0 Å². The smallest absolute Gasteiger partial charge is 0.0364 e. The molecule has 0 amide bonds. The lowest BCUT2D eigenvalue weighted by molar-refractivity contribution is 0.495. The van der Waals surface area contributed by atoms with Gasteiger partial charge in [-0.3, -0.25) is 0 Å². The van der Waals surface area contributed by atoms with Crippen LogP contribution in [0.2, 0.25) is 0 Å². The monoisotopic (exact) mass is 220 g/mol. The summed E-state index contributed by atoms with van der Waals surface area (Å²) in [7, 11) is 2.10. The van der Waals surface area contributed by atoms with E-state index in [0.29, 0.717) is 5.92 Å². The van der Waals surface area contributed by atoms with E-state index in [1.807, 2.05) is 0 Å². The van der Waals surface area contributed by atoms with Crippen molar-refractivity contribution >= 4 is 5.69 Å². The van der Waals surface area contributed by atoms with Crippen molar-refractivity contribution in [3.05, 3.63) is 29.8 Å². The minimum atomic E-state index is 0.256. The lowest BCUT2D eigenvalue weighted by Gasteiger charge is -2.24. The minimum Gasteiger partial charge on any atom is -0.373 e. The molecule has 2 N–H and O–H groups in total. The summed E-state index contributed by atoms with van der Waals surface area (Å²) in [5, 5.41) is 0. The van der Waals surface area contributed by atoms with E-state index in [1.165, 1.54) is 11.3 Å². The number of likely N-dealkylation sites (N-methyl/N-ethyl adjacent to an activating group) is 1. The van der Waals surface area contributed by atoms with Crippen LogP contribution in [-0.2, 0) is 0 Å². The first-order chi connectivity index (χ1) is 7.49. The summed E-state index contributed by atoms with van der Waals surface area (Å²) in [4.78, 5) is 2.23. The molecule has 0 radical (unpaired) electrons. The van der Waals surface area contributed by atoms with Crippen molar-refractivity contribution in [2.24, 2.45) is 11.7 Å². The highest BCUT2D eigenvalue weighted by Gasteiger charge is 2.09. The molecule has 1 aromatic carbocycles. The maximum Gasteiger partial charge on any atom is 0.0364 e. The molecule has 0 aliphatic rings. The predicted octanol–water partition coefficient (Wildman–Crippen LogP) is 2.80. The van der Waals surface area contributed by atoms with Gasteiger partial charge in [-0.15, -0.1) is 0 Å². The number of nitrogens with two attached hydrogens (primary N) is 1. The van der Waals surface area contributed by atoms with Crippen molar-refractivity contribution in [3.8, 4) is 0 Å². The van der Waals surface area contributed by atoms with Gasteiger partial charge in [-0.2, -0.15) is 0 Å². The number of hydrogen-bond acceptors (Lipinski definition) is 2. The van der Waals surface area contributed by atoms with Gasteiger partial charge in [0.2, 0.25) is 0 Å². The molecule has 0 heterocycles. The van der Waals surface area contributed by atoms with E-state index in [-0.39, 0.29) is 6.04 Å². The summed E-state index contributed by atoms with van der Waals surface area (Å²) < 4.78 is 0. The summed E-state index contributed by atoms with van der Waals surface area (Å²) in [6, 6.07) is 8.83. The minimum absolute atomic E-state index is 0.256. The second-order valence-corrected chi connectivity index (χ2v) is 5.11. The highest BCUT2D eigenvalue weighted by molar-refractivity contribution is 5.46. The molecule has 90 valence electrons. The van der Waals surface area contributed by atoms with Crippen LogP contribution in [0, 0.1) is 12.8 Å². The van der Waals surface area contributed by atoms with Crippen LogP contribution in [0.3, 0.4) is 0 Å². The van der Waals surface area contributed by atoms with Crippen LogP contribution >= 0.6 is 0 Å². The molecular weight excluding hydrogens is 196 g/mol. The van der Waals surface area contributed by atoms with Crippen molar-refractivity contribution in [2.45, 2.75) is 33.2 Å². The molecule has 1 atom stereocenters. The Morgan fingerprint density at radius 2 is 1.75 bits per heavy atom. The van der Waals surface area contributed by atoms with E-state index in [4.69, 9.17) is 5.73 Å². The number of aryl methyl sites for hydroxylation is 1. The molecule has 0 saturated carbocycles. The SMILES string of the molecule is Cc1ccc(N(C)CC(N)CC(C)C)cc1. The second-order valence-electron chi connectivity index (χ2n) is 5.11. The average molecular weight is 220 g/mol. The third-order valence-electron chi connectivity index (χ3n) is 2.76. The van der Waals surface area contributed by atoms with Crippen LogP contribution in [0.1, 0.15) is 25.8 Å². The molecule has 0 aromatic heterocycles. The molecule has 0 spiro atoms. The summed E-state index contributed by atoms with van der Waals surface area (Å²) in [6.45, 7) is 7.45. The van der Waals surface area contributed by atoms with Crippen molar-refractivity contribution < 1.29 is 0 Å². The van der Waals surface area contributed by atoms with Crippen LogP contribution in [0.4, 0.5) is 5.69 Å². The van der Waals surface area contributed by atoms with Gasteiger partial charge in [-0.05, 0) is 31.4 Å². The zero-order chi connectivity index (χ0) is 12.1. The standard InChI is InChI=1S/C14H24N2/c1-11(2)9-13(15)10-16(4)14-7-5-12(3)6-8-14/h5-8,11,13H,9-10,15H2,1-4H3. The molecule has 1 rings (SSSR count). The molecule has 0 bridgehead atoms. The van der Waals surface area contributed by atoms with Crippen LogP contribution in [0.5, 0.6) is 0 Å². The van der Waals surface area contributed by atoms with Gasteiger partial charge >= 0.3 is 0 Å². The second kappa shape index (κ2) is 5.90. The molecule has 0 aliphatic heterocycles. The Morgan fingerprint density at radius 3 is 2.25 bits per heavy atom. The van der Waals surface area contributed by atoms with E-state index in [0.717, 1.165) is 13.0 Å².